The zero-order valence-corrected chi connectivity index (χ0v) is 14.5. The molecule has 0 radical (unpaired) electrons. The summed E-state index contributed by atoms with van der Waals surface area (Å²) in [5.41, 5.74) is 7.59. The van der Waals surface area contributed by atoms with E-state index in [1.807, 2.05) is 26.2 Å². The predicted molar refractivity (Wildman–Crippen MR) is 96.2 cm³/mol. The molecule has 0 saturated heterocycles. The van der Waals surface area contributed by atoms with Crippen molar-refractivity contribution >= 4 is 39.0 Å². The third-order valence-electron chi connectivity index (χ3n) is 3.44. The first-order valence-corrected chi connectivity index (χ1v) is 8.40. The second-order valence-corrected chi connectivity index (χ2v) is 6.55. The monoisotopic (exact) mass is 342 g/mol. The van der Waals surface area contributed by atoms with Gasteiger partial charge in [0.1, 0.15) is 22.7 Å². The Labute approximate surface area is 143 Å². The highest BCUT2D eigenvalue weighted by atomic mass is 32.1. The average molecular weight is 342 g/mol. The summed E-state index contributed by atoms with van der Waals surface area (Å²) in [5, 5.41) is 6.32. The molecule has 0 aliphatic heterocycles. The van der Waals surface area contributed by atoms with Gasteiger partial charge < -0.3 is 15.8 Å². The Balaban J connectivity index is 2.05. The second kappa shape index (κ2) is 6.45. The van der Waals surface area contributed by atoms with Gasteiger partial charge in [0, 0.05) is 5.56 Å². The highest BCUT2D eigenvalue weighted by Crippen LogP contribution is 2.34. The van der Waals surface area contributed by atoms with Crippen molar-refractivity contribution in [3.05, 3.63) is 41.0 Å². The summed E-state index contributed by atoms with van der Waals surface area (Å²) in [6.45, 7) is 5.87. The molecule has 2 heterocycles. The Bertz CT molecular complexity index is 905. The number of primary amides is 1. The lowest BCUT2D eigenvalue weighted by atomic mass is 10.1. The van der Waals surface area contributed by atoms with E-state index in [1.165, 1.54) is 6.33 Å². The number of aromatic nitrogens is 2. The number of benzene rings is 1. The third kappa shape index (κ3) is 3.16. The first-order chi connectivity index (χ1) is 11.5. The van der Waals surface area contributed by atoms with Crippen LogP contribution in [0.3, 0.4) is 0 Å². The van der Waals surface area contributed by atoms with Crippen LogP contribution in [-0.2, 0) is 0 Å². The van der Waals surface area contributed by atoms with Gasteiger partial charge in [-0.2, -0.15) is 0 Å². The fourth-order valence-corrected chi connectivity index (χ4v) is 3.26. The number of ether oxygens (including phenoxy) is 1. The highest BCUT2D eigenvalue weighted by molar-refractivity contribution is 7.17. The molecule has 2 aromatic heterocycles. The van der Waals surface area contributed by atoms with Crippen molar-refractivity contribution in [2.24, 2.45) is 5.73 Å². The van der Waals surface area contributed by atoms with Gasteiger partial charge in [0.2, 0.25) is 5.91 Å². The summed E-state index contributed by atoms with van der Waals surface area (Å²) < 4.78 is 5.82. The molecule has 0 saturated carbocycles. The van der Waals surface area contributed by atoms with Gasteiger partial charge in [0.15, 0.2) is 0 Å². The fourth-order valence-electron chi connectivity index (χ4n) is 2.37. The second-order valence-electron chi connectivity index (χ2n) is 5.69. The van der Waals surface area contributed by atoms with Crippen LogP contribution in [-0.4, -0.2) is 22.0 Å². The van der Waals surface area contributed by atoms with E-state index in [0.717, 1.165) is 21.5 Å². The summed E-state index contributed by atoms with van der Waals surface area (Å²) in [5.74, 6) is 0.772. The van der Waals surface area contributed by atoms with Crippen molar-refractivity contribution in [3.8, 4) is 5.75 Å². The maximum absolute atomic E-state index is 11.4. The van der Waals surface area contributed by atoms with Gasteiger partial charge in [-0.25, -0.2) is 9.97 Å². The van der Waals surface area contributed by atoms with Crippen LogP contribution < -0.4 is 15.8 Å². The van der Waals surface area contributed by atoms with Crippen LogP contribution in [0, 0.1) is 6.92 Å². The Morgan fingerprint density at radius 3 is 2.83 bits per heavy atom. The zero-order chi connectivity index (χ0) is 17.3. The topological polar surface area (TPSA) is 90.1 Å². The number of anilines is 2. The number of nitrogens with one attached hydrogen (secondary N) is 1. The number of carbonyl (C=O) groups is 1. The van der Waals surface area contributed by atoms with Crippen LogP contribution in [0.15, 0.2) is 29.9 Å². The smallest absolute Gasteiger partial charge is 0.248 e. The lowest BCUT2D eigenvalue weighted by Gasteiger charge is -2.16. The average Bonchev–Trinajstić information content (AvgIpc) is 2.91. The molecular weight excluding hydrogens is 324 g/mol. The summed E-state index contributed by atoms with van der Waals surface area (Å²) in [6.07, 6.45) is 1.49. The van der Waals surface area contributed by atoms with Crippen LogP contribution in [0.5, 0.6) is 5.75 Å². The summed E-state index contributed by atoms with van der Waals surface area (Å²) in [7, 11) is 0. The van der Waals surface area contributed by atoms with E-state index in [9.17, 15) is 4.79 Å². The number of hydrogen-bond donors (Lipinski definition) is 2. The van der Waals surface area contributed by atoms with Gasteiger partial charge in [0.25, 0.3) is 0 Å². The van der Waals surface area contributed by atoms with Crippen LogP contribution >= 0.6 is 11.3 Å². The lowest BCUT2D eigenvalue weighted by Crippen LogP contribution is -2.13. The van der Waals surface area contributed by atoms with E-state index >= 15 is 0 Å². The lowest BCUT2D eigenvalue weighted by molar-refractivity contribution is 0.0999. The maximum Gasteiger partial charge on any atom is 0.248 e. The molecule has 0 spiro atoms. The Morgan fingerprint density at radius 2 is 2.12 bits per heavy atom. The zero-order valence-electron chi connectivity index (χ0n) is 13.7. The van der Waals surface area contributed by atoms with Crippen LogP contribution in [0.1, 0.15) is 29.8 Å². The highest BCUT2D eigenvalue weighted by Gasteiger charge is 2.14. The summed E-state index contributed by atoms with van der Waals surface area (Å²) in [4.78, 5) is 21.0. The van der Waals surface area contributed by atoms with Gasteiger partial charge in [-0.3, -0.25) is 4.79 Å². The van der Waals surface area contributed by atoms with E-state index in [1.54, 1.807) is 29.5 Å². The molecular formula is C17H18N4O2S. The molecule has 1 amide bonds. The van der Waals surface area contributed by atoms with E-state index in [-0.39, 0.29) is 6.10 Å². The molecule has 0 fully saturated rings. The first-order valence-electron chi connectivity index (χ1n) is 7.52. The van der Waals surface area contributed by atoms with Crippen LogP contribution in [0.2, 0.25) is 0 Å². The van der Waals surface area contributed by atoms with Gasteiger partial charge in [-0.1, -0.05) is 0 Å². The normalized spacial score (nSPS) is 11.0. The molecule has 3 rings (SSSR count). The minimum Gasteiger partial charge on any atom is -0.489 e. The van der Waals surface area contributed by atoms with Crippen molar-refractivity contribution in [1.29, 1.82) is 0 Å². The quantitative estimate of drug-likeness (QED) is 0.739. The summed E-state index contributed by atoms with van der Waals surface area (Å²) >= 11 is 1.58. The number of aryl methyl sites for hydroxylation is 1. The van der Waals surface area contributed by atoms with Gasteiger partial charge in [-0.05, 0) is 49.9 Å². The van der Waals surface area contributed by atoms with E-state index in [0.29, 0.717) is 17.1 Å². The molecule has 6 nitrogen and oxygen atoms in total. The molecule has 3 N–H and O–H groups in total. The molecule has 1 aromatic carbocycles. The number of fused-ring (bicyclic) bond motifs is 1. The molecule has 7 heteroatoms. The Morgan fingerprint density at radius 1 is 1.33 bits per heavy atom. The molecule has 0 aliphatic carbocycles. The number of rotatable bonds is 5. The standard InChI is InChI=1S/C17H18N4O2S/c1-9(2)23-13-6-11(15(18)22)4-5-12(13)21-16-14-10(3)7-24-17(14)20-8-19-16/h4-9H,1-3H3,(H2,18,22)(H,19,20,21). The molecule has 0 bridgehead atoms. The molecule has 3 aromatic rings. The van der Waals surface area contributed by atoms with Gasteiger partial charge in [0.05, 0.1) is 17.2 Å². The number of amides is 1. The third-order valence-corrected chi connectivity index (χ3v) is 4.44. The minimum absolute atomic E-state index is 0.0398. The van der Waals surface area contributed by atoms with E-state index in [4.69, 9.17) is 10.5 Å². The number of nitrogens with zero attached hydrogens (tertiary/aromatic N) is 2. The largest absolute Gasteiger partial charge is 0.489 e. The van der Waals surface area contributed by atoms with Crippen molar-refractivity contribution < 1.29 is 9.53 Å². The molecule has 0 aliphatic rings. The molecule has 0 unspecified atom stereocenters. The summed E-state index contributed by atoms with van der Waals surface area (Å²) in [6, 6.07) is 5.08. The predicted octanol–water partition coefficient (Wildman–Crippen LogP) is 3.63. The Hall–Kier alpha value is -2.67. The number of thiophene rings is 1. The van der Waals surface area contributed by atoms with Crippen molar-refractivity contribution in [2.75, 3.05) is 5.32 Å². The van der Waals surface area contributed by atoms with E-state index in [2.05, 4.69) is 15.3 Å². The van der Waals surface area contributed by atoms with Crippen LogP contribution in [0.4, 0.5) is 11.5 Å². The fraction of sp³-hybridized carbons (Fsp3) is 0.235. The van der Waals surface area contributed by atoms with Crippen LogP contribution in [0.25, 0.3) is 10.2 Å². The SMILES string of the molecule is Cc1csc2ncnc(Nc3ccc(C(N)=O)cc3OC(C)C)c12. The van der Waals surface area contributed by atoms with Crippen molar-refractivity contribution in [3.63, 3.8) is 0 Å². The molecule has 0 atom stereocenters. The number of nitrogens with two attached hydrogens (primary N) is 1. The molecule has 124 valence electrons. The maximum atomic E-state index is 11.4. The minimum atomic E-state index is -0.492. The number of hydrogen-bond acceptors (Lipinski definition) is 6. The Kier molecular flexibility index (Phi) is 4.35. The first kappa shape index (κ1) is 16.2. The van der Waals surface area contributed by atoms with Gasteiger partial charge in [-0.15, -0.1) is 11.3 Å². The van der Waals surface area contributed by atoms with Crippen molar-refractivity contribution in [2.45, 2.75) is 26.9 Å². The van der Waals surface area contributed by atoms with E-state index < -0.39 is 5.91 Å². The molecule has 24 heavy (non-hydrogen) atoms. The number of carbonyl (C=O) groups excluding carboxylic acids is 1. The van der Waals surface area contributed by atoms with Crippen molar-refractivity contribution in [1.82, 2.24) is 9.97 Å². The van der Waals surface area contributed by atoms with Gasteiger partial charge >= 0.3 is 0 Å².